The summed E-state index contributed by atoms with van der Waals surface area (Å²) in [6.45, 7) is 24.4. The number of ether oxygens (including phenoxy) is 13. The first-order chi connectivity index (χ1) is 65.2. The van der Waals surface area contributed by atoms with Crippen LogP contribution in [0.15, 0.2) is 60.0 Å². The first-order valence-corrected chi connectivity index (χ1v) is 48.7. The lowest BCUT2D eigenvalue weighted by Crippen LogP contribution is -2.58. The van der Waals surface area contributed by atoms with Gasteiger partial charge in [-0.1, -0.05) is 109 Å². The van der Waals surface area contributed by atoms with Gasteiger partial charge in [-0.15, -0.1) is 11.3 Å². The van der Waals surface area contributed by atoms with E-state index in [2.05, 4.69) is 31.6 Å². The molecule has 0 saturated carbocycles. The van der Waals surface area contributed by atoms with E-state index in [0.717, 1.165) is 35.3 Å². The zero-order valence-corrected chi connectivity index (χ0v) is 82.7. The molecule has 38 nitrogen and oxygen atoms in total. The summed E-state index contributed by atoms with van der Waals surface area (Å²) in [5.41, 5.74) is 8.30. The van der Waals surface area contributed by atoms with E-state index in [1.54, 1.807) is 57.3 Å². The summed E-state index contributed by atoms with van der Waals surface area (Å²) in [6.07, 6.45) is 0.776. The lowest BCUT2D eigenvalue weighted by Gasteiger charge is -2.44. The van der Waals surface area contributed by atoms with Crippen molar-refractivity contribution >= 4 is 88.0 Å². The van der Waals surface area contributed by atoms with Crippen molar-refractivity contribution in [1.29, 1.82) is 0 Å². The number of methoxy groups -OCH3 is 1. The van der Waals surface area contributed by atoms with Gasteiger partial charge in [0.1, 0.15) is 29.3 Å². The molecular weight excluding hydrogens is 1790 g/mol. The number of carboxylic acids is 3. The molecule has 1 aliphatic heterocycles. The average molecular weight is 1940 g/mol. The van der Waals surface area contributed by atoms with E-state index in [-0.39, 0.29) is 113 Å². The highest BCUT2D eigenvalue weighted by Crippen LogP contribution is 2.35. The van der Waals surface area contributed by atoms with Crippen molar-refractivity contribution in [2.75, 3.05) is 193 Å². The number of thiazole rings is 1. The van der Waals surface area contributed by atoms with Crippen LogP contribution in [0.4, 0.5) is 0 Å². The van der Waals surface area contributed by atoms with Crippen LogP contribution in [0.3, 0.4) is 0 Å². The van der Waals surface area contributed by atoms with Crippen LogP contribution in [0.5, 0.6) is 0 Å². The molecule has 0 spiro atoms. The number of likely N-dealkylation sites (N-methyl/N-ethyl adjacent to an activating group) is 1. The Bertz CT molecular complexity index is 3980. The molecule has 1 aliphatic rings. The number of Topliss-reactive ketones (excluding diaryl/α,β-unsaturated/α-hetero) is 3. The number of nitrogens with two attached hydrogens (primary N) is 1. The monoisotopic (exact) mass is 1940 g/mol. The van der Waals surface area contributed by atoms with Crippen molar-refractivity contribution in [2.24, 2.45) is 41.2 Å². The molecule has 0 bridgehead atoms. The molecule has 2 aromatic carbocycles. The summed E-state index contributed by atoms with van der Waals surface area (Å²) in [5.74, 6) is -12.1. The summed E-state index contributed by atoms with van der Waals surface area (Å²) in [6, 6.07) is 11.2. The van der Waals surface area contributed by atoms with Gasteiger partial charge in [-0.25, -0.2) is 4.98 Å². The van der Waals surface area contributed by atoms with Gasteiger partial charge in [0.05, 0.1) is 190 Å². The predicted octanol–water partition coefficient (Wildman–Crippen LogP) is 6.88. The Morgan fingerprint density at radius 1 is 0.544 bits per heavy atom. The molecule has 1 fully saturated rings. The number of unbranched alkanes of at least 4 members (excludes halogenated alkanes) is 1. The lowest BCUT2D eigenvalue weighted by molar-refractivity contribution is -0.941. The molecule has 1 saturated heterocycles. The van der Waals surface area contributed by atoms with E-state index in [0.29, 0.717) is 186 Å². The SMILES string of the molecule is CC[C@H](C)[C@H](CC(=O)[C@H]1CCCC[N+]1(C)Cc1ccc(CC(=O)[C@H](CCC(=O)O)NC(=O)[C@@H](CC(=O)[C@H](CCCCNC(=O)CCOCCOCCOCCOCCOCCOCCOCCOCCOCCOCCOCCOC)NC(=O)[C@H](CN)NC(=O)CCC(=O)O)C(C)C)cc1)C(=O)N(C)[C@H](C[C@@H](OC(C)=O)c1nc(C(=O)N[C@@H](Cc2ccccc2)C[C@H](C)C(=O)O)cs1)C(C)C. The number of quaternary nitrogens is 1. The molecule has 10 N–H and O–H groups in total. The zero-order valence-electron chi connectivity index (χ0n) is 81.9. The van der Waals surface area contributed by atoms with Crippen LogP contribution < -0.4 is 32.3 Å². The number of piperidine rings is 1. The third-order valence-corrected chi connectivity index (χ3v) is 24.5. The molecule has 136 heavy (non-hydrogen) atoms. The predicted molar refractivity (Wildman–Crippen MR) is 504 cm³/mol. The largest absolute Gasteiger partial charge is 0.481 e. The Morgan fingerprint density at radius 3 is 1.55 bits per heavy atom. The quantitative estimate of drug-likeness (QED) is 0.0158. The first-order valence-electron chi connectivity index (χ1n) is 47.8. The van der Waals surface area contributed by atoms with Crippen LogP contribution in [0.25, 0.3) is 0 Å². The van der Waals surface area contributed by atoms with Gasteiger partial charge in [-0.3, -0.25) is 62.3 Å². The van der Waals surface area contributed by atoms with Gasteiger partial charge in [0.15, 0.2) is 23.5 Å². The summed E-state index contributed by atoms with van der Waals surface area (Å²) in [4.78, 5) is 181. The summed E-state index contributed by atoms with van der Waals surface area (Å²) in [7, 11) is 5.37. The maximum Gasteiger partial charge on any atom is 0.306 e. The highest BCUT2D eigenvalue weighted by molar-refractivity contribution is 7.09. The van der Waals surface area contributed by atoms with Crippen LogP contribution in [-0.2, 0) is 139 Å². The number of esters is 1. The average Bonchev–Trinajstić information content (AvgIpc) is 0.892. The van der Waals surface area contributed by atoms with E-state index in [4.69, 9.17) is 72.4 Å². The normalized spacial score (nSPS) is 16.0. The van der Waals surface area contributed by atoms with E-state index in [9.17, 15) is 63.0 Å². The second kappa shape index (κ2) is 69.9. The van der Waals surface area contributed by atoms with E-state index in [1.165, 1.54) is 6.92 Å². The van der Waals surface area contributed by atoms with Crippen LogP contribution in [0.2, 0.25) is 0 Å². The van der Waals surface area contributed by atoms with Crippen LogP contribution >= 0.6 is 11.3 Å². The van der Waals surface area contributed by atoms with Crippen molar-refractivity contribution in [3.63, 3.8) is 0 Å². The van der Waals surface area contributed by atoms with Gasteiger partial charge in [-0.2, -0.15) is 0 Å². The van der Waals surface area contributed by atoms with Gasteiger partial charge >= 0.3 is 23.9 Å². The van der Waals surface area contributed by atoms with Gasteiger partial charge in [-0.05, 0) is 80.2 Å². The molecule has 1 aromatic heterocycles. The Kier molecular flexibility index (Phi) is 61.5. The number of carboxylic acid groups (broad SMARTS) is 3. The minimum atomic E-state index is -1.37. The maximum atomic E-state index is 15.1. The summed E-state index contributed by atoms with van der Waals surface area (Å²) >= 11 is 1.13. The molecule has 39 heteroatoms. The van der Waals surface area contributed by atoms with Crippen molar-refractivity contribution in [1.82, 2.24) is 36.5 Å². The number of carbonyl (C=O) groups is 13. The number of aromatic nitrogens is 1. The molecule has 12 atom stereocenters. The zero-order chi connectivity index (χ0) is 100. The van der Waals surface area contributed by atoms with Crippen LogP contribution in [0.1, 0.15) is 196 Å². The van der Waals surface area contributed by atoms with Crippen LogP contribution in [-0.4, -0.2) is 335 Å². The Morgan fingerprint density at radius 2 is 1.06 bits per heavy atom. The number of hydrogen-bond donors (Lipinski definition) is 9. The second-order valence-electron chi connectivity index (χ2n) is 35.1. The fourth-order valence-corrected chi connectivity index (χ4v) is 16.4. The standard InChI is InChI=1S/C97H155N9O29S/c1-12-69(6)77(96(120)105(9)82(68(4)5)63-87(135-71(8)107)95-104-81(66-136-95)94(119)100-75(58-70(7)97(121)122)59-72-20-14-13-15-21-72)62-86(110)83-23-17-19-34-106(83,10)65-74-26-24-73(25-27-74)60-84(108)79(28-30-90(113)114)102-92(117)76(67(2)3)61-85(109)78(103-93(118)80(64-98)101-89(112)29-31-91(115)116)22-16-18-33-99-88(111)32-35-124-38-39-126-42-43-128-46-47-130-50-51-132-54-55-134-57-56-133-53-52-131-49-48-129-45-44-127-41-40-125-37-36-123-11/h13-15,20-21,24-27,66-70,75-80,82-83,87H,12,16-19,22-23,28-65,98H2,1-11H3,(H7-,99,100,101,102,103,111,112,113,114,115,116,117,118,119,121,122)/p+1/t69-,70-,75+,76-,77-,78-,79-,80-,82+,83+,87+,106?/m0/s1. The number of ketones is 3. The fourth-order valence-electron chi connectivity index (χ4n) is 15.5. The van der Waals surface area contributed by atoms with Gasteiger partial charge in [0, 0.05) is 120 Å². The van der Waals surface area contributed by atoms with Crippen molar-refractivity contribution in [3.05, 3.63) is 87.4 Å². The number of nitrogens with one attached hydrogen (secondary N) is 5. The number of carbonyl (C=O) groups excluding carboxylic acids is 10. The Labute approximate surface area is 805 Å². The van der Waals surface area contributed by atoms with E-state index in [1.807, 2.05) is 77.2 Å². The summed E-state index contributed by atoms with van der Waals surface area (Å²) in [5, 5.41) is 44.3. The topological polar surface area (TPSA) is 505 Å². The van der Waals surface area contributed by atoms with Gasteiger partial charge in [0.25, 0.3) is 5.91 Å². The number of nitrogens with zero attached hydrogens (tertiary/aromatic N) is 3. The highest BCUT2D eigenvalue weighted by atomic mass is 32.1. The smallest absolute Gasteiger partial charge is 0.306 e. The minimum absolute atomic E-state index is 0.0107. The Balaban J connectivity index is 1.26. The molecule has 6 amide bonds. The van der Waals surface area contributed by atoms with Crippen LogP contribution in [0, 0.1) is 35.5 Å². The first kappa shape index (κ1) is 120. The Hall–Kier alpha value is -8.78. The van der Waals surface area contributed by atoms with Gasteiger partial charge in [0.2, 0.25) is 29.5 Å². The molecule has 0 aliphatic carbocycles. The highest BCUT2D eigenvalue weighted by Gasteiger charge is 2.44. The molecule has 0 radical (unpaired) electrons. The van der Waals surface area contributed by atoms with Gasteiger partial charge < -0.3 is 119 Å². The second-order valence-corrected chi connectivity index (χ2v) is 36.0. The number of likely N-dealkylation sites (tertiary alicyclic amines) is 1. The number of amides is 6. The van der Waals surface area contributed by atoms with Crippen molar-refractivity contribution < 1.29 is 144 Å². The van der Waals surface area contributed by atoms with Crippen molar-refractivity contribution in [2.45, 2.75) is 220 Å². The number of rotatable bonds is 81. The lowest BCUT2D eigenvalue weighted by atomic mass is 9.82. The molecule has 3 aromatic rings. The number of hydrogen-bond acceptors (Lipinski definition) is 29. The summed E-state index contributed by atoms with van der Waals surface area (Å²) < 4.78 is 71.7. The number of benzene rings is 2. The fraction of sp³-hybridized carbons (Fsp3) is 0.711. The molecule has 4 rings (SSSR count). The molecule has 1 unspecified atom stereocenters. The maximum absolute atomic E-state index is 15.1. The van der Waals surface area contributed by atoms with E-state index < -0.39 is 157 Å². The van der Waals surface area contributed by atoms with E-state index >= 15 is 9.59 Å². The third kappa shape index (κ3) is 50.2. The van der Waals surface area contributed by atoms with Crippen molar-refractivity contribution in [3.8, 4) is 0 Å². The minimum Gasteiger partial charge on any atom is -0.481 e. The third-order valence-electron chi connectivity index (χ3n) is 23.6. The molecule has 2 heterocycles. The number of aliphatic carboxylic acids is 3. The molecule has 768 valence electrons. The molecular formula is C97H156N9O29S+.